The minimum Gasteiger partial charge on any atom is -0.476 e. The third kappa shape index (κ3) is 4.46. The van der Waals surface area contributed by atoms with E-state index >= 15 is 0 Å². The summed E-state index contributed by atoms with van der Waals surface area (Å²) < 4.78 is 0. The quantitative estimate of drug-likeness (QED) is 0.444. The molecule has 4 aliphatic carbocycles. The Labute approximate surface area is 222 Å². The molecule has 37 heavy (non-hydrogen) atoms. The number of hydrogen-bond donors (Lipinski definition) is 3. The fourth-order valence-electron chi connectivity index (χ4n) is 10.1. The maximum absolute atomic E-state index is 11.9. The number of carboxylic acids is 1. The number of aliphatic hydroxyl groups excluding tert-OH is 2. The molecular weight excluding hydrogens is 464 g/mol. The molecule has 0 radical (unpaired) electrons. The highest BCUT2D eigenvalue weighted by atomic mass is 16.4. The first-order chi connectivity index (χ1) is 17.6. The van der Waals surface area contributed by atoms with E-state index in [1.165, 1.54) is 25.7 Å². The van der Waals surface area contributed by atoms with Crippen LogP contribution in [0.25, 0.3) is 6.08 Å². The molecule has 11 atom stereocenters. The lowest BCUT2D eigenvalue weighted by molar-refractivity contribution is -0.203. The van der Waals surface area contributed by atoms with Crippen molar-refractivity contribution in [2.75, 3.05) is 0 Å². The maximum atomic E-state index is 11.9. The van der Waals surface area contributed by atoms with Crippen molar-refractivity contribution in [1.82, 2.24) is 10.2 Å². The average molecular weight is 511 g/mol. The molecule has 1 heterocycles. The molecule has 1 aromatic rings. The molecule has 4 saturated carbocycles. The van der Waals surface area contributed by atoms with Gasteiger partial charge in [0.2, 0.25) is 0 Å². The summed E-state index contributed by atoms with van der Waals surface area (Å²) in [6.45, 7) is 9.63. The van der Waals surface area contributed by atoms with Gasteiger partial charge < -0.3 is 15.3 Å². The first-order valence-corrected chi connectivity index (χ1v) is 14.7. The molecule has 6 heteroatoms. The van der Waals surface area contributed by atoms with Crippen LogP contribution < -0.4 is 0 Å². The van der Waals surface area contributed by atoms with Crippen LogP contribution in [0.1, 0.15) is 102 Å². The molecular formula is C31H46N2O4. The summed E-state index contributed by atoms with van der Waals surface area (Å²) in [6, 6.07) is 1.57. The molecule has 0 aromatic carbocycles. The number of carboxylic acid groups (broad SMARTS) is 1. The van der Waals surface area contributed by atoms with Crippen molar-refractivity contribution in [3.05, 3.63) is 29.6 Å². The van der Waals surface area contributed by atoms with Crippen LogP contribution in [-0.4, -0.2) is 43.7 Å². The fraction of sp³-hybridized carbons (Fsp3) is 0.774. The Morgan fingerprint density at radius 2 is 1.84 bits per heavy atom. The van der Waals surface area contributed by atoms with Crippen molar-refractivity contribution in [2.24, 2.45) is 52.3 Å². The van der Waals surface area contributed by atoms with Crippen LogP contribution in [0.5, 0.6) is 0 Å². The van der Waals surface area contributed by atoms with Crippen LogP contribution in [0.15, 0.2) is 18.3 Å². The fourth-order valence-corrected chi connectivity index (χ4v) is 10.1. The smallest absolute Gasteiger partial charge is 0.356 e. The first kappa shape index (κ1) is 26.8. The molecule has 0 amide bonds. The number of allylic oxidation sites excluding steroid dienone is 1. The number of carbonyl (C=O) groups is 1. The van der Waals surface area contributed by atoms with Gasteiger partial charge in [0.15, 0.2) is 5.69 Å². The van der Waals surface area contributed by atoms with Gasteiger partial charge in [-0.1, -0.05) is 46.3 Å². The topological polar surface area (TPSA) is 104 Å². The lowest BCUT2D eigenvalue weighted by atomic mass is 9.41. The molecule has 3 N–H and O–H groups in total. The van der Waals surface area contributed by atoms with Crippen molar-refractivity contribution in [1.29, 1.82) is 0 Å². The third-order valence-corrected chi connectivity index (χ3v) is 11.9. The van der Waals surface area contributed by atoms with E-state index < -0.39 is 5.97 Å². The Bertz CT molecular complexity index is 1030. The van der Waals surface area contributed by atoms with Gasteiger partial charge in [-0.3, -0.25) is 0 Å². The van der Waals surface area contributed by atoms with Crippen LogP contribution >= 0.6 is 0 Å². The van der Waals surface area contributed by atoms with E-state index in [4.69, 9.17) is 0 Å². The van der Waals surface area contributed by atoms with Crippen LogP contribution in [-0.2, 0) is 0 Å². The number of nitrogens with zero attached hydrogens (tertiary/aromatic N) is 2. The average Bonchev–Trinajstić information content (AvgIpc) is 3.22. The van der Waals surface area contributed by atoms with Gasteiger partial charge in [-0.25, -0.2) is 4.79 Å². The summed E-state index contributed by atoms with van der Waals surface area (Å²) in [5, 5.41) is 39.0. The van der Waals surface area contributed by atoms with E-state index in [2.05, 4.69) is 44.0 Å². The van der Waals surface area contributed by atoms with Crippen LogP contribution in [0.3, 0.4) is 0 Å². The minimum absolute atomic E-state index is 0.0297. The second-order valence-electron chi connectivity index (χ2n) is 13.4. The molecule has 5 rings (SSSR count). The van der Waals surface area contributed by atoms with Gasteiger partial charge in [-0.05, 0) is 115 Å². The third-order valence-electron chi connectivity index (χ3n) is 11.9. The van der Waals surface area contributed by atoms with E-state index in [-0.39, 0.29) is 28.7 Å². The Kier molecular flexibility index (Phi) is 7.29. The van der Waals surface area contributed by atoms with Gasteiger partial charge in [-0.15, -0.1) is 5.10 Å². The van der Waals surface area contributed by atoms with Crippen LogP contribution in [0.4, 0.5) is 0 Å². The number of fused-ring (bicyclic) bond motifs is 5. The van der Waals surface area contributed by atoms with Gasteiger partial charge in [0.1, 0.15) is 0 Å². The summed E-state index contributed by atoms with van der Waals surface area (Å²) in [5.74, 6) is 2.34. The van der Waals surface area contributed by atoms with E-state index in [1.807, 2.05) is 6.08 Å². The molecule has 0 aliphatic heterocycles. The van der Waals surface area contributed by atoms with Crippen molar-refractivity contribution in [3.8, 4) is 0 Å². The van der Waals surface area contributed by atoms with Crippen molar-refractivity contribution < 1.29 is 20.1 Å². The Hall–Kier alpha value is -1.79. The second-order valence-corrected chi connectivity index (χ2v) is 13.4. The predicted molar refractivity (Wildman–Crippen MR) is 144 cm³/mol. The number of rotatable bonds is 6. The predicted octanol–water partition coefficient (Wildman–Crippen LogP) is 5.84. The van der Waals surface area contributed by atoms with Gasteiger partial charge in [0, 0.05) is 0 Å². The molecule has 0 bridgehead atoms. The molecule has 1 aromatic heterocycles. The molecule has 0 saturated heterocycles. The van der Waals surface area contributed by atoms with Gasteiger partial charge in [0.05, 0.1) is 18.4 Å². The molecule has 0 spiro atoms. The SMILES string of the molecule is CC[C@H]1[C@@H](O)C2C3CCC([C@H](C)C/C=C/c4cnnc(C(=O)O)c4)[C@@]3(C)CCC2[C@@]2(C)CC[C@@H](O)C[C@@H]12. The summed E-state index contributed by atoms with van der Waals surface area (Å²) in [6.07, 6.45) is 15.0. The summed E-state index contributed by atoms with van der Waals surface area (Å²) >= 11 is 0. The number of aromatic nitrogens is 2. The van der Waals surface area contributed by atoms with E-state index in [9.17, 15) is 20.1 Å². The van der Waals surface area contributed by atoms with Crippen LogP contribution in [0, 0.1) is 52.3 Å². The van der Waals surface area contributed by atoms with Crippen molar-refractivity contribution in [2.45, 2.75) is 97.7 Å². The Balaban J connectivity index is 1.33. The molecule has 204 valence electrons. The largest absolute Gasteiger partial charge is 0.476 e. The van der Waals surface area contributed by atoms with Gasteiger partial charge in [-0.2, -0.15) is 5.10 Å². The van der Waals surface area contributed by atoms with Crippen LogP contribution in [0.2, 0.25) is 0 Å². The summed E-state index contributed by atoms with van der Waals surface area (Å²) in [4.78, 5) is 11.2. The first-order valence-electron chi connectivity index (χ1n) is 14.7. The van der Waals surface area contributed by atoms with E-state index in [0.29, 0.717) is 41.4 Å². The normalized spacial score (nSPS) is 44.2. The van der Waals surface area contributed by atoms with E-state index in [0.717, 1.165) is 37.7 Å². The molecule has 4 fully saturated rings. The highest BCUT2D eigenvalue weighted by Crippen LogP contribution is 2.69. The summed E-state index contributed by atoms with van der Waals surface area (Å²) in [7, 11) is 0. The lowest BCUT2D eigenvalue weighted by Gasteiger charge is -2.64. The van der Waals surface area contributed by atoms with Crippen molar-refractivity contribution in [3.63, 3.8) is 0 Å². The number of aromatic carboxylic acids is 1. The number of hydrogen-bond acceptors (Lipinski definition) is 5. The maximum Gasteiger partial charge on any atom is 0.356 e. The zero-order valence-electron chi connectivity index (χ0n) is 23.0. The Morgan fingerprint density at radius 1 is 1.11 bits per heavy atom. The molecule has 4 aliphatic rings. The monoisotopic (exact) mass is 510 g/mol. The highest BCUT2D eigenvalue weighted by Gasteiger charge is 2.64. The lowest BCUT2D eigenvalue weighted by Crippen LogP contribution is -2.62. The highest BCUT2D eigenvalue weighted by molar-refractivity contribution is 5.85. The summed E-state index contributed by atoms with van der Waals surface area (Å²) in [5.41, 5.74) is 1.23. The van der Waals surface area contributed by atoms with E-state index in [1.54, 1.807) is 12.3 Å². The Morgan fingerprint density at radius 3 is 2.57 bits per heavy atom. The minimum atomic E-state index is -1.06. The standard InChI is InChI=1S/C31H46N2O4/c1-5-21-25-16-20(34)11-13-31(25,4)24-12-14-30(3)22(9-10-23(30)27(24)28(21)35)18(2)7-6-8-19-15-26(29(36)37)33-32-17-19/h6,8,15,17-18,20-25,27-28,34-35H,5,7,9-14,16H2,1-4H3,(H,36,37)/b8-6+/t18-,20-,21-,22?,23?,24?,25+,27?,28-,30-,31-/m1/s1. The van der Waals surface area contributed by atoms with Gasteiger partial charge in [0.25, 0.3) is 0 Å². The zero-order chi connectivity index (χ0) is 26.5. The molecule has 6 nitrogen and oxygen atoms in total. The zero-order valence-corrected chi connectivity index (χ0v) is 23.0. The molecule has 4 unspecified atom stereocenters. The number of aliphatic hydroxyl groups is 2. The van der Waals surface area contributed by atoms with Crippen molar-refractivity contribution >= 4 is 12.0 Å². The van der Waals surface area contributed by atoms with Gasteiger partial charge >= 0.3 is 5.97 Å². The second kappa shape index (κ2) is 10.1.